The van der Waals surface area contributed by atoms with E-state index in [-0.39, 0.29) is 16.3 Å². The third-order valence-electron chi connectivity index (χ3n) is 2.13. The molecule has 1 rings (SSSR count). The molecule has 0 aliphatic heterocycles. The fourth-order valence-corrected chi connectivity index (χ4v) is 2.73. The summed E-state index contributed by atoms with van der Waals surface area (Å²) in [6, 6.07) is 3.06. The Morgan fingerprint density at radius 3 is 2.45 bits per heavy atom. The van der Waals surface area contributed by atoms with E-state index >= 15 is 0 Å². The van der Waals surface area contributed by atoms with Gasteiger partial charge in [-0.05, 0) is 48.6 Å². The third-order valence-corrected chi connectivity index (χ3v) is 3.43. The monoisotopic (exact) mass is 428 g/mol. The van der Waals surface area contributed by atoms with Crippen molar-refractivity contribution in [2.24, 2.45) is 0 Å². The highest BCUT2D eigenvalue weighted by Gasteiger charge is 2.22. The predicted octanol–water partition coefficient (Wildman–Crippen LogP) is 4.01. The van der Waals surface area contributed by atoms with Crippen LogP contribution in [0.25, 0.3) is 0 Å². The fraction of sp³-hybridized carbons (Fsp3) is 0.231. The number of ether oxygens (including phenoxy) is 2. The lowest BCUT2D eigenvalue weighted by atomic mass is 10.3. The average molecular weight is 429 g/mol. The summed E-state index contributed by atoms with van der Waals surface area (Å²) in [5, 5.41) is 0.634. The Morgan fingerprint density at radius 2 is 1.95 bits per heavy atom. The Balaban J connectivity index is 2.81. The number of rotatable bonds is 4. The van der Waals surface area contributed by atoms with Crippen LogP contribution in [0, 0.1) is 3.57 Å². The van der Waals surface area contributed by atoms with E-state index in [9.17, 15) is 9.59 Å². The number of hydrogen-bond donors (Lipinski definition) is 0. The summed E-state index contributed by atoms with van der Waals surface area (Å²) in [5.74, 6) is -1.21. The van der Waals surface area contributed by atoms with Gasteiger partial charge in [0, 0.05) is 10.6 Å². The van der Waals surface area contributed by atoms with Crippen molar-refractivity contribution in [3.8, 4) is 5.75 Å². The van der Waals surface area contributed by atoms with Crippen LogP contribution in [0.15, 0.2) is 24.3 Å². The Bertz CT molecular complexity index is 548. The van der Waals surface area contributed by atoms with Crippen molar-refractivity contribution in [2.45, 2.75) is 20.0 Å². The first kappa shape index (κ1) is 17.3. The lowest BCUT2D eigenvalue weighted by Crippen LogP contribution is -2.28. The molecule has 0 bridgehead atoms. The lowest BCUT2D eigenvalue weighted by molar-refractivity contribution is -0.158. The molecule has 0 radical (unpaired) electrons. The maximum absolute atomic E-state index is 11.8. The van der Waals surface area contributed by atoms with Crippen LogP contribution in [0.2, 0.25) is 10.0 Å². The highest BCUT2D eigenvalue weighted by atomic mass is 127. The van der Waals surface area contributed by atoms with E-state index in [0.717, 1.165) is 0 Å². The van der Waals surface area contributed by atoms with Crippen LogP contribution in [0.4, 0.5) is 0 Å². The van der Waals surface area contributed by atoms with Crippen molar-refractivity contribution < 1.29 is 19.1 Å². The second kappa shape index (κ2) is 7.28. The van der Waals surface area contributed by atoms with E-state index in [4.69, 9.17) is 32.7 Å². The van der Waals surface area contributed by atoms with Gasteiger partial charge in [-0.3, -0.25) is 0 Å². The van der Waals surface area contributed by atoms with Gasteiger partial charge in [-0.2, -0.15) is 0 Å². The molecule has 0 heterocycles. The van der Waals surface area contributed by atoms with Crippen LogP contribution in [0.5, 0.6) is 5.75 Å². The molecule has 1 aromatic carbocycles. The van der Waals surface area contributed by atoms with Gasteiger partial charge in [-0.25, -0.2) is 9.59 Å². The minimum Gasteiger partial charge on any atom is -0.447 e. The Hall–Kier alpha value is -0.790. The van der Waals surface area contributed by atoms with Gasteiger partial charge in [-0.1, -0.05) is 29.8 Å². The Labute approximate surface area is 140 Å². The zero-order chi connectivity index (χ0) is 15.4. The molecule has 20 heavy (non-hydrogen) atoms. The van der Waals surface area contributed by atoms with E-state index < -0.39 is 18.0 Å². The topological polar surface area (TPSA) is 52.6 Å². The molecule has 108 valence electrons. The smallest absolute Gasteiger partial charge is 0.352 e. The molecule has 0 aliphatic rings. The summed E-state index contributed by atoms with van der Waals surface area (Å²) in [7, 11) is 0. The van der Waals surface area contributed by atoms with E-state index in [1.54, 1.807) is 6.07 Å². The highest BCUT2D eigenvalue weighted by Crippen LogP contribution is 2.33. The zero-order valence-corrected chi connectivity index (χ0v) is 14.4. The van der Waals surface area contributed by atoms with Crippen molar-refractivity contribution in [1.29, 1.82) is 0 Å². The molecule has 0 N–H and O–H groups in total. The number of esters is 2. The summed E-state index contributed by atoms with van der Waals surface area (Å²) in [6.45, 7) is 6.31. The molecule has 0 amide bonds. The Morgan fingerprint density at radius 1 is 1.35 bits per heavy atom. The van der Waals surface area contributed by atoms with Gasteiger partial charge in [0.2, 0.25) is 0 Å². The number of hydrogen-bond acceptors (Lipinski definition) is 4. The van der Waals surface area contributed by atoms with Crippen molar-refractivity contribution in [1.82, 2.24) is 0 Å². The van der Waals surface area contributed by atoms with Gasteiger partial charge in [-0.15, -0.1) is 0 Å². The number of halogens is 3. The van der Waals surface area contributed by atoms with Gasteiger partial charge < -0.3 is 9.47 Å². The van der Waals surface area contributed by atoms with Crippen LogP contribution in [-0.2, 0) is 14.3 Å². The van der Waals surface area contributed by atoms with Crippen molar-refractivity contribution in [3.63, 3.8) is 0 Å². The predicted molar refractivity (Wildman–Crippen MR) is 85.2 cm³/mol. The largest absolute Gasteiger partial charge is 0.447 e. The first-order chi connectivity index (χ1) is 9.22. The van der Waals surface area contributed by atoms with Crippen molar-refractivity contribution in [2.75, 3.05) is 0 Å². The van der Waals surface area contributed by atoms with Crippen molar-refractivity contribution in [3.05, 3.63) is 37.9 Å². The maximum atomic E-state index is 11.8. The molecule has 0 fully saturated rings. The van der Waals surface area contributed by atoms with Crippen LogP contribution < -0.4 is 4.74 Å². The fourth-order valence-electron chi connectivity index (χ4n) is 1.12. The molecule has 1 aromatic rings. The highest BCUT2D eigenvalue weighted by molar-refractivity contribution is 14.1. The van der Waals surface area contributed by atoms with Gasteiger partial charge >= 0.3 is 11.9 Å². The second-order valence-electron chi connectivity index (χ2n) is 3.95. The normalized spacial score (nSPS) is 11.7. The quantitative estimate of drug-likeness (QED) is 0.314. The molecule has 0 aliphatic carbocycles. The van der Waals surface area contributed by atoms with E-state index in [2.05, 4.69) is 6.58 Å². The first-order valence-electron chi connectivity index (χ1n) is 5.45. The molecule has 0 spiro atoms. The lowest BCUT2D eigenvalue weighted by Gasteiger charge is -2.14. The molecule has 1 atom stereocenters. The summed E-state index contributed by atoms with van der Waals surface area (Å²) in [6.07, 6.45) is -1.07. The molecule has 4 nitrogen and oxygen atoms in total. The summed E-state index contributed by atoms with van der Waals surface area (Å²) in [4.78, 5) is 23.1. The third kappa shape index (κ3) is 4.64. The molecular formula is C13H11Cl2IO4. The zero-order valence-electron chi connectivity index (χ0n) is 10.7. The molecule has 0 saturated heterocycles. The van der Waals surface area contributed by atoms with Gasteiger partial charge in [0.05, 0.1) is 8.59 Å². The maximum Gasteiger partial charge on any atom is 0.352 e. The van der Waals surface area contributed by atoms with Gasteiger partial charge in [0.15, 0.2) is 11.9 Å². The van der Waals surface area contributed by atoms with E-state index in [0.29, 0.717) is 8.59 Å². The number of carbonyl (C=O) groups excluding carboxylic acids is 2. The molecule has 7 heteroatoms. The second-order valence-corrected chi connectivity index (χ2v) is 5.95. The van der Waals surface area contributed by atoms with Crippen LogP contribution in [0.1, 0.15) is 13.8 Å². The van der Waals surface area contributed by atoms with Gasteiger partial charge in [0.1, 0.15) is 0 Å². The van der Waals surface area contributed by atoms with Crippen molar-refractivity contribution >= 4 is 57.7 Å². The van der Waals surface area contributed by atoms with E-state index in [1.165, 1.54) is 19.9 Å². The van der Waals surface area contributed by atoms with Crippen LogP contribution in [0.3, 0.4) is 0 Å². The minimum absolute atomic E-state index is 0.180. The van der Waals surface area contributed by atoms with Crippen LogP contribution >= 0.6 is 45.8 Å². The number of benzene rings is 1. The average Bonchev–Trinajstić information content (AvgIpc) is 2.32. The molecule has 1 unspecified atom stereocenters. The van der Waals surface area contributed by atoms with E-state index in [1.807, 2.05) is 22.6 Å². The SMILES string of the molecule is C=C(C)C(=O)OC(C)C(=O)Oc1c(Cl)cc(Cl)cc1I. The van der Waals surface area contributed by atoms with Crippen LogP contribution in [-0.4, -0.2) is 18.0 Å². The minimum atomic E-state index is -1.07. The molecule has 0 saturated carbocycles. The molecular weight excluding hydrogens is 418 g/mol. The standard InChI is InChI=1S/C13H11Cl2IO4/c1-6(2)12(17)19-7(3)13(18)20-11-9(15)4-8(14)5-10(11)16/h4-5,7H,1H2,2-3H3. The summed E-state index contributed by atoms with van der Waals surface area (Å²) in [5.41, 5.74) is 0.198. The molecule has 0 aromatic heterocycles. The Kier molecular flexibility index (Phi) is 6.29. The van der Waals surface area contributed by atoms with Gasteiger partial charge in [0.25, 0.3) is 0 Å². The summed E-state index contributed by atoms with van der Waals surface area (Å²) < 4.78 is 10.6. The first-order valence-corrected chi connectivity index (χ1v) is 7.28. The number of carbonyl (C=O) groups is 2. The summed E-state index contributed by atoms with van der Waals surface area (Å²) >= 11 is 13.7.